The number of fused-ring (bicyclic) bond motifs is 2. The van der Waals surface area contributed by atoms with E-state index in [0.29, 0.717) is 18.4 Å². The minimum absolute atomic E-state index is 0.00162. The Morgan fingerprint density at radius 1 is 1.41 bits per heavy atom. The van der Waals surface area contributed by atoms with Crippen molar-refractivity contribution < 1.29 is 9.59 Å². The monoisotopic (exact) mass is 237 g/mol. The highest BCUT2D eigenvalue weighted by molar-refractivity contribution is 5.96. The quantitative estimate of drug-likeness (QED) is 0.720. The first-order valence-electron chi connectivity index (χ1n) is 6.54. The Bertz CT molecular complexity index is 341. The van der Waals surface area contributed by atoms with Crippen LogP contribution in [0.15, 0.2) is 0 Å². The summed E-state index contributed by atoms with van der Waals surface area (Å²) >= 11 is 0. The molecule has 5 heteroatoms. The number of carbonyl (C=O) groups is 2. The molecule has 2 unspecified atom stereocenters. The topological polar surface area (TPSA) is 61.4 Å². The average molecular weight is 237 g/mol. The van der Waals surface area contributed by atoms with Gasteiger partial charge < -0.3 is 10.6 Å². The van der Waals surface area contributed by atoms with Crippen LogP contribution in [0.5, 0.6) is 0 Å². The van der Waals surface area contributed by atoms with Gasteiger partial charge >= 0.3 is 6.03 Å². The van der Waals surface area contributed by atoms with Crippen LogP contribution in [0.2, 0.25) is 0 Å². The molecule has 2 saturated heterocycles. The number of imide groups is 1. The maximum absolute atomic E-state index is 12.1. The van der Waals surface area contributed by atoms with Crippen LogP contribution in [-0.2, 0) is 4.79 Å². The van der Waals surface area contributed by atoms with Gasteiger partial charge in [0, 0.05) is 19.6 Å². The van der Waals surface area contributed by atoms with Crippen LogP contribution in [0.3, 0.4) is 0 Å². The van der Waals surface area contributed by atoms with E-state index in [1.807, 2.05) is 0 Å². The summed E-state index contributed by atoms with van der Waals surface area (Å²) in [7, 11) is 0. The van der Waals surface area contributed by atoms with Gasteiger partial charge in [0.1, 0.15) is 0 Å². The number of piperidine rings is 2. The molecule has 1 saturated carbocycles. The molecule has 2 atom stereocenters. The van der Waals surface area contributed by atoms with Gasteiger partial charge in [0.2, 0.25) is 5.91 Å². The Hall–Kier alpha value is -1.10. The molecule has 3 aliphatic rings. The molecule has 94 valence electrons. The minimum atomic E-state index is -0.182. The lowest BCUT2D eigenvalue weighted by atomic mass is 9.85. The highest BCUT2D eigenvalue weighted by Gasteiger charge is 2.39. The molecule has 1 aliphatic carbocycles. The summed E-state index contributed by atoms with van der Waals surface area (Å²) in [4.78, 5) is 25.4. The van der Waals surface area contributed by atoms with Gasteiger partial charge in [0.25, 0.3) is 0 Å². The maximum Gasteiger partial charge on any atom is 0.324 e. The van der Waals surface area contributed by atoms with E-state index in [1.165, 1.54) is 17.7 Å². The number of hydrogen-bond donors (Lipinski definition) is 2. The zero-order valence-corrected chi connectivity index (χ0v) is 9.95. The summed E-state index contributed by atoms with van der Waals surface area (Å²) in [6.45, 7) is 2.97. The number of hydrogen-bond acceptors (Lipinski definition) is 3. The van der Waals surface area contributed by atoms with Crippen molar-refractivity contribution in [3.8, 4) is 0 Å². The Morgan fingerprint density at radius 3 is 3.00 bits per heavy atom. The van der Waals surface area contributed by atoms with Crippen molar-refractivity contribution in [1.29, 1.82) is 0 Å². The fraction of sp³-hybridized carbons (Fsp3) is 0.833. The lowest BCUT2D eigenvalue weighted by Gasteiger charge is -2.39. The Labute approximate surface area is 101 Å². The van der Waals surface area contributed by atoms with Gasteiger partial charge in [-0.3, -0.25) is 9.69 Å². The fourth-order valence-electron chi connectivity index (χ4n) is 2.76. The Balaban J connectivity index is 1.60. The van der Waals surface area contributed by atoms with Crippen molar-refractivity contribution in [3.63, 3.8) is 0 Å². The SMILES string of the molecule is O=C(NCC1CC1)N1CC2CNCC(C2)C1=O. The highest BCUT2D eigenvalue weighted by atomic mass is 16.2. The third-order valence-electron chi connectivity index (χ3n) is 3.98. The minimum Gasteiger partial charge on any atom is -0.337 e. The van der Waals surface area contributed by atoms with E-state index in [1.54, 1.807) is 0 Å². The molecule has 2 N–H and O–H groups in total. The third kappa shape index (κ3) is 2.29. The van der Waals surface area contributed by atoms with Crippen molar-refractivity contribution in [1.82, 2.24) is 15.5 Å². The smallest absolute Gasteiger partial charge is 0.324 e. The predicted molar refractivity (Wildman–Crippen MR) is 62.3 cm³/mol. The van der Waals surface area contributed by atoms with Crippen molar-refractivity contribution in [2.45, 2.75) is 19.3 Å². The first-order chi connectivity index (χ1) is 8.24. The summed E-state index contributed by atoms with van der Waals surface area (Å²) in [5.74, 6) is 1.11. The van der Waals surface area contributed by atoms with Crippen LogP contribution in [0.1, 0.15) is 19.3 Å². The molecule has 3 rings (SSSR count). The van der Waals surface area contributed by atoms with Gasteiger partial charge in [-0.2, -0.15) is 0 Å². The van der Waals surface area contributed by atoms with Crippen molar-refractivity contribution in [3.05, 3.63) is 0 Å². The summed E-state index contributed by atoms with van der Waals surface area (Å²) in [5.41, 5.74) is 0. The van der Waals surface area contributed by atoms with Crippen LogP contribution in [0, 0.1) is 17.8 Å². The molecule has 2 aliphatic heterocycles. The number of nitrogens with zero attached hydrogens (tertiary/aromatic N) is 1. The molecule has 5 nitrogen and oxygen atoms in total. The van der Waals surface area contributed by atoms with E-state index in [2.05, 4.69) is 10.6 Å². The number of urea groups is 1. The average Bonchev–Trinajstić information content (AvgIpc) is 3.15. The van der Waals surface area contributed by atoms with Crippen LogP contribution in [-0.4, -0.2) is 43.0 Å². The molecule has 17 heavy (non-hydrogen) atoms. The molecule has 3 amide bonds. The Morgan fingerprint density at radius 2 is 2.24 bits per heavy atom. The largest absolute Gasteiger partial charge is 0.337 e. The third-order valence-corrected chi connectivity index (χ3v) is 3.98. The van der Waals surface area contributed by atoms with Gasteiger partial charge in [0.15, 0.2) is 0 Å². The number of rotatable bonds is 2. The molecular weight excluding hydrogens is 218 g/mol. The van der Waals surface area contributed by atoms with Crippen LogP contribution >= 0.6 is 0 Å². The van der Waals surface area contributed by atoms with Crippen LogP contribution < -0.4 is 10.6 Å². The van der Waals surface area contributed by atoms with Gasteiger partial charge in [-0.05, 0) is 37.6 Å². The molecule has 2 bridgehead atoms. The number of amides is 3. The van der Waals surface area contributed by atoms with Gasteiger partial charge in [-0.15, -0.1) is 0 Å². The highest BCUT2D eigenvalue weighted by Crippen LogP contribution is 2.28. The lowest BCUT2D eigenvalue weighted by Crippen LogP contribution is -2.58. The molecule has 0 aromatic heterocycles. The van der Waals surface area contributed by atoms with E-state index in [9.17, 15) is 9.59 Å². The van der Waals surface area contributed by atoms with Gasteiger partial charge in [-0.1, -0.05) is 0 Å². The lowest BCUT2D eigenvalue weighted by molar-refractivity contribution is -0.137. The number of nitrogens with one attached hydrogen (secondary N) is 2. The molecule has 2 heterocycles. The molecular formula is C12H19N3O2. The molecule has 3 fully saturated rings. The van der Waals surface area contributed by atoms with Crippen molar-refractivity contribution in [2.24, 2.45) is 17.8 Å². The van der Waals surface area contributed by atoms with Crippen LogP contribution in [0.25, 0.3) is 0 Å². The molecule has 0 radical (unpaired) electrons. The summed E-state index contributed by atoms with van der Waals surface area (Å²) in [6.07, 6.45) is 3.37. The van der Waals surface area contributed by atoms with E-state index in [0.717, 1.165) is 26.1 Å². The standard InChI is InChI=1S/C12H19N3O2/c16-11-10-3-9(4-13-6-10)7-15(11)12(17)14-5-8-1-2-8/h8-10,13H,1-7H2,(H,14,17). The summed E-state index contributed by atoms with van der Waals surface area (Å²) in [6, 6.07) is -0.182. The summed E-state index contributed by atoms with van der Waals surface area (Å²) in [5, 5.41) is 6.14. The molecule has 0 aromatic carbocycles. The first kappa shape index (κ1) is 11.0. The first-order valence-corrected chi connectivity index (χ1v) is 6.54. The maximum atomic E-state index is 12.1. The molecule has 0 aromatic rings. The second kappa shape index (κ2) is 4.29. The summed E-state index contributed by atoms with van der Waals surface area (Å²) < 4.78 is 0. The van der Waals surface area contributed by atoms with Gasteiger partial charge in [0.05, 0.1) is 5.92 Å². The molecule has 0 spiro atoms. The predicted octanol–water partition coefficient (Wildman–Crippen LogP) is 0.174. The second-order valence-corrected chi connectivity index (χ2v) is 5.54. The van der Waals surface area contributed by atoms with E-state index in [4.69, 9.17) is 0 Å². The zero-order chi connectivity index (χ0) is 11.8. The number of carbonyl (C=O) groups excluding carboxylic acids is 2. The van der Waals surface area contributed by atoms with E-state index in [-0.39, 0.29) is 17.9 Å². The Kier molecular flexibility index (Phi) is 2.78. The van der Waals surface area contributed by atoms with Crippen molar-refractivity contribution >= 4 is 11.9 Å². The normalized spacial score (nSPS) is 32.5. The second-order valence-electron chi connectivity index (χ2n) is 5.54. The van der Waals surface area contributed by atoms with Crippen LogP contribution in [0.4, 0.5) is 4.79 Å². The van der Waals surface area contributed by atoms with Gasteiger partial charge in [-0.25, -0.2) is 4.79 Å². The fourth-order valence-corrected chi connectivity index (χ4v) is 2.76. The van der Waals surface area contributed by atoms with E-state index < -0.39 is 0 Å². The zero-order valence-electron chi connectivity index (χ0n) is 9.95. The number of likely N-dealkylation sites (tertiary alicyclic amines) is 1. The van der Waals surface area contributed by atoms with E-state index >= 15 is 0 Å². The van der Waals surface area contributed by atoms with Crippen molar-refractivity contribution in [2.75, 3.05) is 26.2 Å².